The highest BCUT2D eigenvalue weighted by atomic mass is 35.5. The Kier molecular flexibility index (Phi) is 6.91. The second kappa shape index (κ2) is 9.20. The van der Waals surface area contributed by atoms with Gasteiger partial charge in [0.05, 0.1) is 29.0 Å². The number of carbonyl (C=O) groups excluding carboxylic acids is 1. The molecule has 0 amide bonds. The third-order valence-corrected chi connectivity index (χ3v) is 6.02. The number of anilines is 1. The summed E-state index contributed by atoms with van der Waals surface area (Å²) >= 11 is 14.1. The summed E-state index contributed by atoms with van der Waals surface area (Å²) in [6, 6.07) is 3.40. The first kappa shape index (κ1) is 21.0. The van der Waals surface area contributed by atoms with Gasteiger partial charge in [0.2, 0.25) is 5.95 Å². The fourth-order valence-electron chi connectivity index (χ4n) is 2.86. The van der Waals surface area contributed by atoms with Crippen LogP contribution in [0.25, 0.3) is 11.3 Å². The molecule has 1 aromatic heterocycles. The molecule has 9 heteroatoms. The molecule has 1 atom stereocenters. The molecule has 2 N–H and O–H groups in total. The number of nitrogens with zero attached hydrogens (tertiary/aromatic N) is 2. The van der Waals surface area contributed by atoms with Crippen molar-refractivity contribution in [1.82, 2.24) is 9.97 Å². The van der Waals surface area contributed by atoms with Gasteiger partial charge in [-0.3, -0.25) is 4.79 Å². The quantitative estimate of drug-likeness (QED) is 0.375. The molecule has 2 aromatic rings. The average Bonchev–Trinajstić information content (AvgIpc) is 3.07. The van der Waals surface area contributed by atoms with Crippen molar-refractivity contribution in [2.45, 2.75) is 43.4 Å². The number of hydrogen-bond acceptors (Lipinski definition) is 7. The Labute approximate surface area is 178 Å². The SMILES string of the molecule is CCCCOc1cc(-c2nc(N)nc3c2CC(C(=O)OCC)S3)c(Cl)cc1Cl. The van der Waals surface area contributed by atoms with Gasteiger partial charge in [-0.05, 0) is 25.5 Å². The Morgan fingerprint density at radius 2 is 2.07 bits per heavy atom. The van der Waals surface area contributed by atoms with E-state index in [9.17, 15) is 4.79 Å². The van der Waals surface area contributed by atoms with Crippen LogP contribution in [0, 0.1) is 0 Å². The maximum atomic E-state index is 12.2. The number of nitrogens with two attached hydrogens (primary N) is 1. The maximum absolute atomic E-state index is 12.2. The van der Waals surface area contributed by atoms with Gasteiger partial charge < -0.3 is 15.2 Å². The molecular formula is C19H21Cl2N3O3S. The number of carbonyl (C=O) groups is 1. The summed E-state index contributed by atoms with van der Waals surface area (Å²) in [5.41, 5.74) is 7.97. The molecule has 0 saturated heterocycles. The number of fused-ring (bicyclic) bond motifs is 1. The van der Waals surface area contributed by atoms with Gasteiger partial charge in [0.25, 0.3) is 0 Å². The number of esters is 1. The van der Waals surface area contributed by atoms with Crippen molar-refractivity contribution in [3.05, 3.63) is 27.7 Å². The molecule has 1 aromatic carbocycles. The topological polar surface area (TPSA) is 87.3 Å². The molecule has 28 heavy (non-hydrogen) atoms. The molecule has 0 spiro atoms. The Hall–Kier alpha value is -1.70. The first-order valence-corrected chi connectivity index (χ1v) is 10.7. The van der Waals surface area contributed by atoms with E-state index in [-0.39, 0.29) is 17.2 Å². The zero-order valence-electron chi connectivity index (χ0n) is 15.6. The molecule has 0 fully saturated rings. The molecule has 1 aliphatic rings. The maximum Gasteiger partial charge on any atom is 0.319 e. The lowest BCUT2D eigenvalue weighted by Crippen LogP contribution is -2.19. The van der Waals surface area contributed by atoms with Crippen molar-refractivity contribution < 1.29 is 14.3 Å². The molecule has 0 saturated carbocycles. The summed E-state index contributed by atoms with van der Waals surface area (Å²) in [4.78, 5) is 20.9. The number of ether oxygens (including phenoxy) is 2. The van der Waals surface area contributed by atoms with E-state index in [0.29, 0.717) is 51.7 Å². The van der Waals surface area contributed by atoms with Crippen LogP contribution in [0.15, 0.2) is 17.2 Å². The summed E-state index contributed by atoms with van der Waals surface area (Å²) in [6.07, 6.45) is 2.38. The van der Waals surface area contributed by atoms with Crippen LogP contribution in [0.4, 0.5) is 5.95 Å². The number of aromatic nitrogens is 2. The van der Waals surface area contributed by atoms with Gasteiger partial charge in [-0.15, -0.1) is 0 Å². The molecule has 0 aliphatic carbocycles. The predicted molar refractivity (Wildman–Crippen MR) is 112 cm³/mol. The minimum atomic E-state index is -0.379. The van der Waals surface area contributed by atoms with Crippen LogP contribution in [0.1, 0.15) is 32.3 Å². The van der Waals surface area contributed by atoms with Crippen molar-refractivity contribution in [3.63, 3.8) is 0 Å². The summed E-state index contributed by atoms with van der Waals surface area (Å²) in [7, 11) is 0. The Morgan fingerprint density at radius 1 is 1.29 bits per heavy atom. The monoisotopic (exact) mass is 441 g/mol. The van der Waals surface area contributed by atoms with E-state index >= 15 is 0 Å². The molecular weight excluding hydrogens is 421 g/mol. The standard InChI is InChI=1S/C19H21Cl2N3O3S/c1-3-5-6-27-14-7-10(12(20)9-13(14)21)16-11-8-15(18(25)26-4-2)28-17(11)24-19(22)23-16/h7,9,15H,3-6,8H2,1-2H3,(H2,22,23,24). The summed E-state index contributed by atoms with van der Waals surface area (Å²) in [6.45, 7) is 4.75. The number of benzene rings is 1. The Morgan fingerprint density at radius 3 is 2.79 bits per heavy atom. The second-order valence-corrected chi connectivity index (χ2v) is 8.25. The first-order chi connectivity index (χ1) is 13.4. The van der Waals surface area contributed by atoms with Gasteiger partial charge in [-0.2, -0.15) is 0 Å². The van der Waals surface area contributed by atoms with E-state index in [1.807, 2.05) is 0 Å². The number of unbranched alkanes of at least 4 members (excludes halogenated alkanes) is 1. The number of halogens is 2. The van der Waals surface area contributed by atoms with Crippen molar-refractivity contribution in [3.8, 4) is 17.0 Å². The highest BCUT2D eigenvalue weighted by molar-refractivity contribution is 8.00. The fourth-order valence-corrected chi connectivity index (χ4v) is 4.54. The van der Waals surface area contributed by atoms with Crippen molar-refractivity contribution in [1.29, 1.82) is 0 Å². The lowest BCUT2D eigenvalue weighted by molar-refractivity contribution is -0.142. The average molecular weight is 442 g/mol. The lowest BCUT2D eigenvalue weighted by Gasteiger charge is -2.13. The Bertz CT molecular complexity index is 895. The fraction of sp³-hybridized carbons (Fsp3) is 0.421. The highest BCUT2D eigenvalue weighted by Crippen LogP contribution is 2.44. The molecule has 1 aliphatic heterocycles. The molecule has 3 rings (SSSR count). The van der Waals surface area contributed by atoms with E-state index in [1.54, 1.807) is 19.1 Å². The van der Waals surface area contributed by atoms with E-state index in [1.165, 1.54) is 11.8 Å². The van der Waals surface area contributed by atoms with E-state index in [0.717, 1.165) is 18.4 Å². The first-order valence-electron chi connectivity index (χ1n) is 9.06. The van der Waals surface area contributed by atoms with Crippen molar-refractivity contribution in [2.75, 3.05) is 18.9 Å². The minimum Gasteiger partial charge on any atom is -0.492 e. The molecule has 150 valence electrons. The zero-order chi connectivity index (χ0) is 20.3. The van der Waals surface area contributed by atoms with Crippen LogP contribution in [0.2, 0.25) is 10.0 Å². The smallest absolute Gasteiger partial charge is 0.319 e. The van der Waals surface area contributed by atoms with Crippen LogP contribution in [0.3, 0.4) is 0 Å². The lowest BCUT2D eigenvalue weighted by atomic mass is 10.0. The van der Waals surface area contributed by atoms with Gasteiger partial charge in [0, 0.05) is 17.5 Å². The molecule has 6 nitrogen and oxygen atoms in total. The van der Waals surface area contributed by atoms with Gasteiger partial charge in [0.1, 0.15) is 16.0 Å². The minimum absolute atomic E-state index is 0.116. The Balaban J connectivity index is 1.99. The summed E-state index contributed by atoms with van der Waals surface area (Å²) in [5.74, 6) is 0.374. The van der Waals surface area contributed by atoms with Crippen molar-refractivity contribution in [2.24, 2.45) is 0 Å². The highest BCUT2D eigenvalue weighted by Gasteiger charge is 2.34. The molecule has 0 radical (unpaired) electrons. The van der Waals surface area contributed by atoms with Crippen molar-refractivity contribution >= 4 is 46.9 Å². The second-order valence-electron chi connectivity index (χ2n) is 6.24. The third-order valence-electron chi connectivity index (χ3n) is 4.21. The molecule has 1 unspecified atom stereocenters. The van der Waals surface area contributed by atoms with Gasteiger partial charge >= 0.3 is 5.97 Å². The molecule has 0 bridgehead atoms. The van der Waals surface area contributed by atoms with Crippen LogP contribution in [-0.2, 0) is 16.0 Å². The van der Waals surface area contributed by atoms with Crippen LogP contribution in [0.5, 0.6) is 5.75 Å². The van der Waals surface area contributed by atoms with Crippen LogP contribution in [-0.4, -0.2) is 34.4 Å². The van der Waals surface area contributed by atoms with Gasteiger partial charge in [-0.25, -0.2) is 9.97 Å². The predicted octanol–water partition coefficient (Wildman–Crippen LogP) is 4.79. The van der Waals surface area contributed by atoms with E-state index < -0.39 is 0 Å². The molecule has 2 heterocycles. The summed E-state index contributed by atoms with van der Waals surface area (Å²) in [5, 5.41) is 1.15. The van der Waals surface area contributed by atoms with E-state index in [2.05, 4.69) is 16.9 Å². The number of rotatable bonds is 7. The van der Waals surface area contributed by atoms with E-state index in [4.69, 9.17) is 38.4 Å². The third kappa shape index (κ3) is 4.47. The van der Waals surface area contributed by atoms with Gasteiger partial charge in [0.15, 0.2) is 0 Å². The number of nitrogen functional groups attached to an aromatic ring is 1. The normalized spacial score (nSPS) is 15.4. The number of thioether (sulfide) groups is 1. The number of hydrogen-bond donors (Lipinski definition) is 1. The largest absolute Gasteiger partial charge is 0.492 e. The van der Waals surface area contributed by atoms with Gasteiger partial charge in [-0.1, -0.05) is 48.3 Å². The summed E-state index contributed by atoms with van der Waals surface area (Å²) < 4.78 is 10.9. The van der Waals surface area contributed by atoms with Crippen LogP contribution >= 0.6 is 35.0 Å². The van der Waals surface area contributed by atoms with Crippen LogP contribution < -0.4 is 10.5 Å². The zero-order valence-corrected chi connectivity index (χ0v) is 18.0.